The third kappa shape index (κ3) is 2.47. The monoisotopic (exact) mass is 474 g/mol. The van der Waals surface area contributed by atoms with Crippen molar-refractivity contribution in [2.75, 3.05) is 13.7 Å². The molecule has 6 aliphatic rings. The first-order chi connectivity index (χ1) is 16.2. The minimum Gasteiger partial charge on any atom is -0.481 e. The fraction of sp³-hybridized carbons (Fsp3) is 0.852. The average molecular weight is 475 g/mol. The van der Waals surface area contributed by atoms with Crippen molar-refractivity contribution in [3.05, 3.63) is 11.6 Å². The van der Waals surface area contributed by atoms with Gasteiger partial charge in [0.1, 0.15) is 30.0 Å². The zero-order chi connectivity index (χ0) is 24.2. The first-order valence-corrected chi connectivity index (χ1v) is 13.1. The van der Waals surface area contributed by atoms with Gasteiger partial charge in [-0.05, 0) is 55.8 Å². The van der Waals surface area contributed by atoms with E-state index >= 15 is 0 Å². The third-order valence-corrected chi connectivity index (χ3v) is 10.9. The molecule has 2 saturated heterocycles. The standard InChI is InChI=1S/C27H38O7/c1-13(2)19-8-16-9-25(11-28)18-7-6-14(3)17(18)10-26(16,27(19,25)24(29)30)12-32-23-22-21(34-22)20(31-5)15(4)33-23/h8,11,13-18,20-23H,6-7,9-10,12H2,1-5H3,(H,29,30)/t14-,15-,16?,17-,18-,20-,21-,22-,23+,25?,26?,27?/m1/s1. The molecule has 1 N–H and O–H groups in total. The SMILES string of the molecule is CO[C@H]1[C@H]2O[C@H]2[C@@H](OCC23C[C@@H]4[C@H](C)CC[C@H]4C4(C=O)CC2C=C(C(C)C)C34C(=O)O)O[C@@H]1C. The Bertz CT molecular complexity index is 928. The maximum Gasteiger partial charge on any atom is 0.315 e. The van der Waals surface area contributed by atoms with E-state index in [0.29, 0.717) is 18.3 Å². The summed E-state index contributed by atoms with van der Waals surface area (Å²) in [6.07, 6.45) is 5.59. The number of aliphatic carboxylic acids is 1. The van der Waals surface area contributed by atoms with E-state index in [1.165, 1.54) is 0 Å². The number of methoxy groups -OCH3 is 1. The van der Waals surface area contributed by atoms with Gasteiger partial charge in [-0.2, -0.15) is 0 Å². The van der Waals surface area contributed by atoms with Crippen LogP contribution < -0.4 is 0 Å². The molecule has 12 atom stereocenters. The van der Waals surface area contributed by atoms with Crippen LogP contribution in [0.15, 0.2) is 11.6 Å². The van der Waals surface area contributed by atoms with Crippen LogP contribution in [0.3, 0.4) is 0 Å². The molecule has 4 aliphatic carbocycles. The average Bonchev–Trinajstić information content (AvgIpc) is 3.39. The number of epoxide rings is 1. The fourth-order valence-electron chi connectivity index (χ4n) is 9.58. The predicted octanol–water partition coefficient (Wildman–Crippen LogP) is 3.45. The first kappa shape index (κ1) is 23.1. The van der Waals surface area contributed by atoms with Crippen molar-refractivity contribution in [2.45, 2.75) is 84.1 Å². The number of rotatable bonds is 7. The molecule has 0 aromatic heterocycles. The quantitative estimate of drug-likeness (QED) is 0.343. The van der Waals surface area contributed by atoms with Crippen LogP contribution in [-0.2, 0) is 28.5 Å². The summed E-state index contributed by atoms with van der Waals surface area (Å²) < 4.78 is 24.0. The van der Waals surface area contributed by atoms with Gasteiger partial charge in [-0.3, -0.25) is 4.79 Å². The molecule has 6 rings (SSSR count). The van der Waals surface area contributed by atoms with E-state index < -0.39 is 28.5 Å². The molecule has 34 heavy (non-hydrogen) atoms. The third-order valence-electron chi connectivity index (χ3n) is 10.9. The van der Waals surface area contributed by atoms with Gasteiger partial charge >= 0.3 is 5.97 Å². The number of hydrogen-bond donors (Lipinski definition) is 1. The molecule has 4 unspecified atom stereocenters. The summed E-state index contributed by atoms with van der Waals surface area (Å²) in [5.41, 5.74) is -1.79. The fourth-order valence-corrected chi connectivity index (χ4v) is 9.58. The van der Waals surface area contributed by atoms with E-state index in [0.717, 1.165) is 31.1 Å². The molecular formula is C27H38O7. The minimum atomic E-state index is -1.22. The molecule has 7 nitrogen and oxygen atoms in total. The summed E-state index contributed by atoms with van der Waals surface area (Å²) in [5, 5.41) is 11.0. The van der Waals surface area contributed by atoms with E-state index in [1.54, 1.807) is 7.11 Å². The second kappa shape index (κ2) is 7.37. The molecule has 5 fully saturated rings. The Morgan fingerprint density at radius 1 is 1.24 bits per heavy atom. The highest BCUT2D eigenvalue weighted by Crippen LogP contribution is 2.82. The number of aldehydes is 1. The Morgan fingerprint density at radius 2 is 2.00 bits per heavy atom. The molecule has 0 spiro atoms. The van der Waals surface area contributed by atoms with Crippen LogP contribution >= 0.6 is 0 Å². The lowest BCUT2D eigenvalue weighted by Crippen LogP contribution is -2.63. The van der Waals surface area contributed by atoms with Crippen molar-refractivity contribution in [1.29, 1.82) is 0 Å². The lowest BCUT2D eigenvalue weighted by atomic mass is 9.43. The highest BCUT2D eigenvalue weighted by atomic mass is 16.7. The maximum absolute atomic E-state index is 13.5. The van der Waals surface area contributed by atoms with E-state index in [9.17, 15) is 14.7 Å². The van der Waals surface area contributed by atoms with Crippen LogP contribution in [0.25, 0.3) is 0 Å². The lowest BCUT2D eigenvalue weighted by Gasteiger charge is -2.58. The Labute approximate surface area is 201 Å². The minimum absolute atomic E-state index is 0.0210. The van der Waals surface area contributed by atoms with Gasteiger partial charge < -0.3 is 28.8 Å². The molecule has 0 aromatic carbocycles. The Balaban J connectivity index is 1.40. The molecular weight excluding hydrogens is 436 g/mol. The van der Waals surface area contributed by atoms with Crippen LogP contribution in [-0.4, -0.2) is 61.8 Å². The smallest absolute Gasteiger partial charge is 0.315 e. The van der Waals surface area contributed by atoms with Crippen molar-refractivity contribution >= 4 is 12.3 Å². The molecule has 2 heterocycles. The van der Waals surface area contributed by atoms with Gasteiger partial charge in [0.25, 0.3) is 0 Å². The lowest BCUT2D eigenvalue weighted by molar-refractivity contribution is -0.237. The molecule has 4 bridgehead atoms. The van der Waals surface area contributed by atoms with E-state index in [-0.39, 0.29) is 48.8 Å². The number of hydrogen-bond acceptors (Lipinski definition) is 6. The van der Waals surface area contributed by atoms with E-state index in [2.05, 4.69) is 26.8 Å². The Kier molecular flexibility index (Phi) is 5.02. The van der Waals surface area contributed by atoms with Crippen LogP contribution in [0.1, 0.15) is 53.4 Å². The van der Waals surface area contributed by atoms with Crippen molar-refractivity contribution in [3.8, 4) is 0 Å². The van der Waals surface area contributed by atoms with Crippen molar-refractivity contribution < 1.29 is 33.6 Å². The molecule has 0 aromatic rings. The van der Waals surface area contributed by atoms with Crippen LogP contribution in [0.5, 0.6) is 0 Å². The molecule has 7 heteroatoms. The summed E-state index contributed by atoms with van der Waals surface area (Å²) in [6, 6.07) is 0. The number of carboxylic acid groups (broad SMARTS) is 1. The highest BCUT2D eigenvalue weighted by Gasteiger charge is 2.84. The second-order valence-electron chi connectivity index (χ2n) is 12.3. The van der Waals surface area contributed by atoms with Gasteiger partial charge in [0.05, 0.1) is 18.1 Å². The summed E-state index contributed by atoms with van der Waals surface area (Å²) >= 11 is 0. The molecule has 3 saturated carbocycles. The van der Waals surface area contributed by atoms with Crippen molar-refractivity contribution in [3.63, 3.8) is 0 Å². The summed E-state index contributed by atoms with van der Waals surface area (Å²) in [4.78, 5) is 26.6. The number of fused-ring (bicyclic) bond motifs is 3. The summed E-state index contributed by atoms with van der Waals surface area (Å²) in [6.45, 7) is 8.63. The summed E-state index contributed by atoms with van der Waals surface area (Å²) in [7, 11) is 1.66. The predicted molar refractivity (Wildman–Crippen MR) is 122 cm³/mol. The number of carboxylic acids is 1. The number of allylic oxidation sites excluding steroid dienone is 1. The second-order valence-corrected chi connectivity index (χ2v) is 12.3. The van der Waals surface area contributed by atoms with Gasteiger partial charge in [0.2, 0.25) is 0 Å². The highest BCUT2D eigenvalue weighted by molar-refractivity contribution is 5.90. The van der Waals surface area contributed by atoms with Crippen LogP contribution in [0, 0.1) is 45.8 Å². The number of ether oxygens (including phenoxy) is 4. The topological polar surface area (TPSA) is 94.6 Å². The number of carbonyl (C=O) groups excluding carboxylic acids is 1. The molecule has 0 radical (unpaired) electrons. The molecule has 2 aliphatic heterocycles. The van der Waals surface area contributed by atoms with Gasteiger partial charge in [0.15, 0.2) is 6.29 Å². The summed E-state index contributed by atoms with van der Waals surface area (Å²) in [5.74, 6) is 0.188. The van der Waals surface area contributed by atoms with Crippen molar-refractivity contribution in [1.82, 2.24) is 0 Å². The largest absolute Gasteiger partial charge is 0.481 e. The Morgan fingerprint density at radius 3 is 2.65 bits per heavy atom. The number of carbonyl (C=O) groups is 2. The molecule has 0 amide bonds. The zero-order valence-electron chi connectivity index (χ0n) is 20.9. The van der Waals surface area contributed by atoms with Crippen molar-refractivity contribution in [2.24, 2.45) is 45.8 Å². The van der Waals surface area contributed by atoms with Gasteiger partial charge in [-0.25, -0.2) is 0 Å². The van der Waals surface area contributed by atoms with Gasteiger partial charge in [-0.1, -0.05) is 38.8 Å². The van der Waals surface area contributed by atoms with Crippen LogP contribution in [0.4, 0.5) is 0 Å². The maximum atomic E-state index is 13.5. The van der Waals surface area contributed by atoms with E-state index in [4.69, 9.17) is 18.9 Å². The van der Waals surface area contributed by atoms with E-state index in [1.807, 2.05) is 6.92 Å². The first-order valence-electron chi connectivity index (χ1n) is 13.1. The van der Waals surface area contributed by atoms with Gasteiger partial charge in [-0.15, -0.1) is 0 Å². The Hall–Kier alpha value is -1.28. The normalized spacial score (nSPS) is 54.5. The zero-order valence-corrected chi connectivity index (χ0v) is 20.9. The van der Waals surface area contributed by atoms with Crippen LogP contribution in [0.2, 0.25) is 0 Å². The van der Waals surface area contributed by atoms with Gasteiger partial charge in [0, 0.05) is 12.5 Å². The molecule has 188 valence electrons.